The van der Waals surface area contributed by atoms with Crippen LogP contribution in [0.3, 0.4) is 0 Å². The number of carbonyl (C=O) groups is 2. The van der Waals surface area contributed by atoms with E-state index in [0.29, 0.717) is 30.0 Å². The van der Waals surface area contributed by atoms with E-state index in [1.165, 1.54) is 12.1 Å². The molecule has 2 N–H and O–H groups in total. The lowest BCUT2D eigenvalue weighted by Gasteiger charge is -2.20. The molecule has 2 aromatic rings. The smallest absolute Gasteiger partial charge is 0.269 e. The summed E-state index contributed by atoms with van der Waals surface area (Å²) in [7, 11) is 0. The summed E-state index contributed by atoms with van der Waals surface area (Å²) in [5.74, 6) is -0.383. The summed E-state index contributed by atoms with van der Waals surface area (Å²) in [6.07, 6.45) is 1.03. The third-order valence-electron chi connectivity index (χ3n) is 4.30. The number of nitro benzene ring substituents is 1. The molecule has 8 heteroatoms. The van der Waals surface area contributed by atoms with Crippen molar-refractivity contribution in [2.75, 3.05) is 6.54 Å². The molecule has 2 amide bonds. The van der Waals surface area contributed by atoms with Gasteiger partial charge in [0.15, 0.2) is 0 Å². The molecule has 0 bridgehead atoms. The third-order valence-corrected chi connectivity index (χ3v) is 4.55. The van der Waals surface area contributed by atoms with Crippen LogP contribution in [-0.2, 0) is 11.2 Å². The summed E-state index contributed by atoms with van der Waals surface area (Å²) in [5, 5.41) is 16.8. The maximum Gasteiger partial charge on any atom is 0.269 e. The summed E-state index contributed by atoms with van der Waals surface area (Å²) in [6.45, 7) is 4.32. The van der Waals surface area contributed by atoms with Gasteiger partial charge in [-0.05, 0) is 48.6 Å². The molecule has 2 aromatic carbocycles. The molecule has 0 heterocycles. The number of rotatable bonds is 9. The van der Waals surface area contributed by atoms with Crippen LogP contribution in [0.5, 0.6) is 0 Å². The lowest BCUT2D eigenvalue weighted by atomic mass is 10.0. The van der Waals surface area contributed by atoms with Crippen molar-refractivity contribution in [1.29, 1.82) is 0 Å². The van der Waals surface area contributed by atoms with Crippen molar-refractivity contribution >= 4 is 29.1 Å². The molecule has 1 unspecified atom stereocenters. The maximum atomic E-state index is 12.6. The number of benzene rings is 2. The van der Waals surface area contributed by atoms with Gasteiger partial charge in [-0.1, -0.05) is 37.6 Å². The first-order chi connectivity index (χ1) is 13.8. The van der Waals surface area contributed by atoms with Crippen molar-refractivity contribution in [3.05, 3.63) is 74.8 Å². The molecule has 0 radical (unpaired) electrons. The van der Waals surface area contributed by atoms with Crippen LogP contribution in [0, 0.1) is 16.0 Å². The number of non-ortho nitro benzene ring substituents is 1. The van der Waals surface area contributed by atoms with Crippen LogP contribution in [0.4, 0.5) is 5.69 Å². The van der Waals surface area contributed by atoms with Crippen molar-refractivity contribution in [3.8, 4) is 0 Å². The third kappa shape index (κ3) is 7.19. The van der Waals surface area contributed by atoms with Gasteiger partial charge in [-0.15, -0.1) is 0 Å². The van der Waals surface area contributed by atoms with Crippen LogP contribution < -0.4 is 10.6 Å². The largest absolute Gasteiger partial charge is 0.354 e. The van der Waals surface area contributed by atoms with E-state index in [2.05, 4.69) is 10.6 Å². The average Bonchev–Trinajstić information content (AvgIpc) is 2.68. The number of halogens is 1. The fourth-order valence-electron chi connectivity index (χ4n) is 2.78. The van der Waals surface area contributed by atoms with Gasteiger partial charge < -0.3 is 10.6 Å². The normalized spacial score (nSPS) is 11.7. The summed E-state index contributed by atoms with van der Waals surface area (Å²) in [4.78, 5) is 35.3. The fraction of sp³-hybridized carbons (Fsp3) is 0.333. The monoisotopic (exact) mass is 417 g/mol. The summed E-state index contributed by atoms with van der Waals surface area (Å²) in [5.41, 5.74) is 1.34. The standard InChI is InChI=1S/C21H24ClN3O4/c1-14(2)13-19(24-20(26)16-5-7-17(22)8-6-16)21(27)23-12-11-15-3-9-18(10-4-15)25(28)29/h3-10,14,19H,11-13H2,1-2H3,(H,23,27)(H,24,26). The van der Waals surface area contributed by atoms with Crippen LogP contribution in [-0.4, -0.2) is 29.3 Å². The molecular weight excluding hydrogens is 394 g/mol. The number of nitrogens with one attached hydrogen (secondary N) is 2. The van der Waals surface area contributed by atoms with E-state index in [1.807, 2.05) is 13.8 Å². The number of hydrogen-bond acceptors (Lipinski definition) is 4. The Balaban J connectivity index is 1.92. The van der Waals surface area contributed by atoms with Gasteiger partial charge in [-0.2, -0.15) is 0 Å². The first-order valence-corrected chi connectivity index (χ1v) is 9.71. The van der Waals surface area contributed by atoms with Crippen LogP contribution in [0.15, 0.2) is 48.5 Å². The Bertz CT molecular complexity index is 851. The molecule has 154 valence electrons. The molecular formula is C21H24ClN3O4. The minimum atomic E-state index is -0.657. The maximum absolute atomic E-state index is 12.6. The lowest BCUT2D eigenvalue weighted by Crippen LogP contribution is -2.47. The van der Waals surface area contributed by atoms with Crippen LogP contribution in [0.1, 0.15) is 36.2 Å². The molecule has 1 atom stereocenters. The molecule has 29 heavy (non-hydrogen) atoms. The predicted octanol–water partition coefficient (Wildman–Crippen LogP) is 3.75. The molecule has 2 rings (SSSR count). The highest BCUT2D eigenvalue weighted by Crippen LogP contribution is 2.13. The molecule has 0 aromatic heterocycles. The van der Waals surface area contributed by atoms with Crippen molar-refractivity contribution < 1.29 is 14.5 Å². The molecule has 7 nitrogen and oxygen atoms in total. The minimum absolute atomic E-state index is 0.0275. The zero-order valence-electron chi connectivity index (χ0n) is 16.4. The molecule has 0 aliphatic carbocycles. The van der Waals surface area contributed by atoms with E-state index in [1.54, 1.807) is 36.4 Å². The Morgan fingerprint density at radius 1 is 1.07 bits per heavy atom. The van der Waals surface area contributed by atoms with E-state index in [0.717, 1.165) is 5.56 Å². The van der Waals surface area contributed by atoms with Crippen molar-refractivity contribution in [2.24, 2.45) is 5.92 Å². The van der Waals surface area contributed by atoms with Gasteiger partial charge in [0.2, 0.25) is 5.91 Å². The number of hydrogen-bond donors (Lipinski definition) is 2. The topological polar surface area (TPSA) is 101 Å². The summed E-state index contributed by atoms with van der Waals surface area (Å²) in [6, 6.07) is 12.0. The first kappa shape index (κ1) is 22.4. The van der Waals surface area contributed by atoms with Crippen LogP contribution >= 0.6 is 11.6 Å². The fourth-order valence-corrected chi connectivity index (χ4v) is 2.91. The molecule has 0 aliphatic rings. The number of amides is 2. The zero-order chi connectivity index (χ0) is 21.4. The van der Waals surface area contributed by atoms with E-state index < -0.39 is 11.0 Å². The average molecular weight is 418 g/mol. The molecule has 0 saturated carbocycles. The van der Waals surface area contributed by atoms with Gasteiger partial charge in [0.1, 0.15) is 6.04 Å². The minimum Gasteiger partial charge on any atom is -0.354 e. The van der Waals surface area contributed by atoms with Crippen molar-refractivity contribution in [3.63, 3.8) is 0 Å². The highest BCUT2D eigenvalue weighted by atomic mass is 35.5. The van der Waals surface area contributed by atoms with Crippen LogP contribution in [0.2, 0.25) is 5.02 Å². The zero-order valence-corrected chi connectivity index (χ0v) is 17.1. The Kier molecular flexibility index (Phi) is 8.15. The van der Waals surface area contributed by atoms with Gasteiger partial charge >= 0.3 is 0 Å². The van der Waals surface area contributed by atoms with E-state index in [9.17, 15) is 19.7 Å². The number of nitrogens with zero attached hydrogens (tertiary/aromatic N) is 1. The molecule has 0 spiro atoms. The van der Waals surface area contributed by atoms with E-state index in [4.69, 9.17) is 11.6 Å². The van der Waals surface area contributed by atoms with Gasteiger partial charge in [0.05, 0.1) is 4.92 Å². The van der Waals surface area contributed by atoms with Gasteiger partial charge in [-0.25, -0.2) is 0 Å². The van der Waals surface area contributed by atoms with Crippen molar-refractivity contribution in [2.45, 2.75) is 32.7 Å². The second kappa shape index (κ2) is 10.6. The molecule has 0 aliphatic heterocycles. The second-order valence-corrected chi connectivity index (χ2v) is 7.56. The summed E-state index contributed by atoms with van der Waals surface area (Å²) < 4.78 is 0. The SMILES string of the molecule is CC(C)CC(NC(=O)c1ccc(Cl)cc1)C(=O)NCCc1ccc([N+](=O)[O-])cc1. The van der Waals surface area contributed by atoms with E-state index in [-0.39, 0.29) is 23.4 Å². The van der Waals surface area contributed by atoms with Crippen molar-refractivity contribution in [1.82, 2.24) is 10.6 Å². The van der Waals surface area contributed by atoms with Crippen LogP contribution in [0.25, 0.3) is 0 Å². The molecule has 0 saturated heterocycles. The van der Waals surface area contributed by atoms with E-state index >= 15 is 0 Å². The Labute approximate surface area is 174 Å². The summed E-state index contributed by atoms with van der Waals surface area (Å²) >= 11 is 5.84. The van der Waals surface area contributed by atoms with Gasteiger partial charge in [0, 0.05) is 29.3 Å². The second-order valence-electron chi connectivity index (χ2n) is 7.13. The lowest BCUT2D eigenvalue weighted by molar-refractivity contribution is -0.384. The number of nitro groups is 1. The predicted molar refractivity (Wildman–Crippen MR) is 112 cm³/mol. The highest BCUT2D eigenvalue weighted by molar-refractivity contribution is 6.30. The van der Waals surface area contributed by atoms with Gasteiger partial charge in [0.25, 0.3) is 11.6 Å². The Morgan fingerprint density at radius 2 is 1.69 bits per heavy atom. The Morgan fingerprint density at radius 3 is 2.24 bits per heavy atom. The highest BCUT2D eigenvalue weighted by Gasteiger charge is 2.22. The molecule has 0 fully saturated rings. The quantitative estimate of drug-likeness (QED) is 0.479. The van der Waals surface area contributed by atoms with Gasteiger partial charge in [-0.3, -0.25) is 19.7 Å². The first-order valence-electron chi connectivity index (χ1n) is 9.33. The Hall–Kier alpha value is -2.93. The number of carbonyl (C=O) groups excluding carboxylic acids is 2.